The first-order valence-corrected chi connectivity index (χ1v) is 9.93. The van der Waals surface area contributed by atoms with Crippen molar-refractivity contribution in [1.29, 1.82) is 0 Å². The molecular formula is C21H39NO. The molecule has 0 spiro atoms. The maximum atomic E-state index is 13.3. The van der Waals surface area contributed by atoms with Crippen molar-refractivity contribution in [3.05, 3.63) is 0 Å². The Hall–Kier alpha value is -0.370. The highest BCUT2D eigenvalue weighted by Gasteiger charge is 2.40. The van der Waals surface area contributed by atoms with Crippen molar-refractivity contribution in [2.24, 2.45) is 23.2 Å². The lowest BCUT2D eigenvalue weighted by Crippen LogP contribution is -2.56. The highest BCUT2D eigenvalue weighted by atomic mass is 16.1. The number of carbonyl (C=O) groups excluding carboxylic acids is 1. The number of hydrogen-bond donors (Lipinski definition) is 1. The average Bonchev–Trinajstić information content (AvgIpc) is 2.35. The second kappa shape index (κ2) is 7.25. The van der Waals surface area contributed by atoms with Gasteiger partial charge in [-0.2, -0.15) is 0 Å². The van der Waals surface area contributed by atoms with Crippen LogP contribution < -0.4 is 5.32 Å². The molecule has 2 heteroatoms. The van der Waals surface area contributed by atoms with Crippen LogP contribution in [0.3, 0.4) is 0 Å². The zero-order valence-electron chi connectivity index (χ0n) is 16.4. The molecule has 0 bridgehead atoms. The summed E-state index contributed by atoms with van der Waals surface area (Å²) in [5, 5.41) is 3.76. The molecular weight excluding hydrogens is 282 g/mol. The Labute approximate surface area is 144 Å². The molecule has 0 radical (unpaired) electrons. The molecule has 2 aliphatic rings. The van der Waals surface area contributed by atoms with E-state index in [4.69, 9.17) is 0 Å². The summed E-state index contributed by atoms with van der Waals surface area (Å²) in [5.41, 5.74) is -0.137. The Balaban J connectivity index is 1.99. The van der Waals surface area contributed by atoms with E-state index in [-0.39, 0.29) is 17.0 Å². The molecule has 0 heterocycles. The molecule has 1 unspecified atom stereocenters. The fourth-order valence-corrected chi connectivity index (χ4v) is 4.37. The molecule has 1 N–H and O–H groups in total. The fourth-order valence-electron chi connectivity index (χ4n) is 4.37. The number of nitrogens with one attached hydrogen (secondary N) is 1. The molecule has 0 aromatic carbocycles. The smallest absolute Gasteiger partial charge is 0.155 e. The van der Waals surface area contributed by atoms with Crippen molar-refractivity contribution >= 4 is 5.78 Å². The minimum absolute atomic E-state index is 0.0137. The molecule has 1 atom stereocenters. The molecule has 0 saturated heterocycles. The van der Waals surface area contributed by atoms with Crippen LogP contribution >= 0.6 is 0 Å². The van der Waals surface area contributed by atoms with Gasteiger partial charge in [-0.05, 0) is 44.4 Å². The van der Waals surface area contributed by atoms with Crippen molar-refractivity contribution in [3.63, 3.8) is 0 Å². The van der Waals surface area contributed by atoms with Gasteiger partial charge in [0.25, 0.3) is 0 Å². The molecule has 2 fully saturated rings. The van der Waals surface area contributed by atoms with E-state index in [0.29, 0.717) is 11.7 Å². The first-order chi connectivity index (χ1) is 10.6. The summed E-state index contributed by atoms with van der Waals surface area (Å²) in [6, 6.07) is -0.0137. The van der Waals surface area contributed by atoms with E-state index in [1.165, 1.54) is 44.9 Å². The number of Topliss-reactive ketones (excluding diaryl/α,β-unsaturated/α-hetero) is 1. The summed E-state index contributed by atoms with van der Waals surface area (Å²) in [5.74, 6) is 2.43. The lowest BCUT2D eigenvalue weighted by molar-refractivity contribution is -0.132. The lowest BCUT2D eigenvalue weighted by atomic mass is 9.69. The van der Waals surface area contributed by atoms with Crippen molar-refractivity contribution in [2.45, 2.75) is 104 Å². The number of rotatable bonds is 9. The van der Waals surface area contributed by atoms with Gasteiger partial charge in [0, 0.05) is 11.0 Å². The van der Waals surface area contributed by atoms with Gasteiger partial charge in [-0.1, -0.05) is 66.2 Å². The molecule has 0 aliphatic heterocycles. The SMILES string of the molecule is CC(C)C(NC(C)(C)CC1CCC1)C(=O)C(C)(C)CC1CCC1. The zero-order chi connectivity index (χ0) is 17.3. The van der Waals surface area contributed by atoms with E-state index in [0.717, 1.165) is 18.3 Å². The summed E-state index contributed by atoms with van der Waals surface area (Å²) in [7, 11) is 0. The minimum atomic E-state index is -0.195. The van der Waals surface area contributed by atoms with Crippen LogP contribution in [0.1, 0.15) is 92.9 Å². The summed E-state index contributed by atoms with van der Waals surface area (Å²) < 4.78 is 0. The largest absolute Gasteiger partial charge is 0.302 e. The Kier molecular flexibility index (Phi) is 5.98. The quantitative estimate of drug-likeness (QED) is 0.620. The van der Waals surface area contributed by atoms with E-state index in [1.807, 2.05) is 0 Å². The van der Waals surface area contributed by atoms with Crippen LogP contribution in [-0.4, -0.2) is 17.4 Å². The molecule has 2 rings (SSSR count). The normalized spacial score (nSPS) is 21.9. The number of hydrogen-bond acceptors (Lipinski definition) is 2. The average molecular weight is 322 g/mol. The summed E-state index contributed by atoms with van der Waals surface area (Å²) in [6.07, 6.45) is 10.4. The van der Waals surface area contributed by atoms with Gasteiger partial charge < -0.3 is 5.32 Å². The molecule has 0 aromatic heterocycles. The molecule has 134 valence electrons. The molecule has 2 aliphatic carbocycles. The predicted molar refractivity (Wildman–Crippen MR) is 98.5 cm³/mol. The van der Waals surface area contributed by atoms with Gasteiger partial charge in [0.15, 0.2) is 5.78 Å². The van der Waals surface area contributed by atoms with Crippen molar-refractivity contribution < 1.29 is 4.79 Å². The van der Waals surface area contributed by atoms with Crippen LogP contribution in [0.5, 0.6) is 0 Å². The van der Waals surface area contributed by atoms with Crippen LogP contribution in [0.25, 0.3) is 0 Å². The van der Waals surface area contributed by atoms with Gasteiger partial charge in [-0.3, -0.25) is 4.79 Å². The van der Waals surface area contributed by atoms with Gasteiger partial charge >= 0.3 is 0 Å². The highest BCUT2D eigenvalue weighted by Crippen LogP contribution is 2.39. The van der Waals surface area contributed by atoms with Crippen molar-refractivity contribution in [2.75, 3.05) is 0 Å². The third-order valence-electron chi connectivity index (χ3n) is 6.21. The van der Waals surface area contributed by atoms with Crippen LogP contribution in [0.2, 0.25) is 0 Å². The van der Waals surface area contributed by atoms with Crippen LogP contribution in [0, 0.1) is 23.2 Å². The monoisotopic (exact) mass is 321 g/mol. The van der Waals surface area contributed by atoms with Crippen LogP contribution in [-0.2, 0) is 4.79 Å². The van der Waals surface area contributed by atoms with Gasteiger partial charge in [0.05, 0.1) is 6.04 Å². The first-order valence-electron chi connectivity index (χ1n) is 9.93. The number of ketones is 1. The Morgan fingerprint density at radius 2 is 1.43 bits per heavy atom. The van der Waals surface area contributed by atoms with Gasteiger partial charge in [0.1, 0.15) is 0 Å². The molecule has 0 aromatic rings. The predicted octanol–water partition coefficient (Wildman–Crippen LogP) is 5.35. The van der Waals surface area contributed by atoms with Crippen molar-refractivity contribution in [3.8, 4) is 0 Å². The second-order valence-electron chi connectivity index (χ2n) is 10.0. The maximum absolute atomic E-state index is 13.3. The Morgan fingerprint density at radius 3 is 1.83 bits per heavy atom. The van der Waals surface area contributed by atoms with E-state index >= 15 is 0 Å². The van der Waals surface area contributed by atoms with Crippen molar-refractivity contribution in [1.82, 2.24) is 5.32 Å². The molecule has 23 heavy (non-hydrogen) atoms. The van der Waals surface area contributed by atoms with Crippen LogP contribution in [0.15, 0.2) is 0 Å². The highest BCUT2D eigenvalue weighted by molar-refractivity contribution is 5.89. The van der Waals surface area contributed by atoms with Gasteiger partial charge in [0.2, 0.25) is 0 Å². The van der Waals surface area contributed by atoms with E-state index < -0.39 is 0 Å². The van der Waals surface area contributed by atoms with E-state index in [9.17, 15) is 4.79 Å². The van der Waals surface area contributed by atoms with Gasteiger partial charge in [-0.25, -0.2) is 0 Å². The van der Waals surface area contributed by atoms with Crippen LogP contribution in [0.4, 0.5) is 0 Å². The summed E-state index contributed by atoms with van der Waals surface area (Å²) in [4.78, 5) is 13.3. The minimum Gasteiger partial charge on any atom is -0.302 e. The molecule has 2 saturated carbocycles. The Morgan fingerprint density at radius 1 is 0.957 bits per heavy atom. The van der Waals surface area contributed by atoms with E-state index in [2.05, 4.69) is 46.9 Å². The first kappa shape index (κ1) is 19.0. The Bertz CT molecular complexity index is 402. The fraction of sp³-hybridized carbons (Fsp3) is 0.952. The maximum Gasteiger partial charge on any atom is 0.155 e. The molecule has 0 amide bonds. The summed E-state index contributed by atoms with van der Waals surface area (Å²) in [6.45, 7) is 13.3. The molecule has 2 nitrogen and oxygen atoms in total. The van der Waals surface area contributed by atoms with Gasteiger partial charge in [-0.15, -0.1) is 0 Å². The third kappa shape index (κ3) is 5.05. The standard InChI is InChI=1S/C21H39NO/c1-15(2)18(22-21(5,6)14-17-11-8-12-17)19(23)20(3,4)13-16-9-7-10-16/h15-18,22H,7-14H2,1-6H3. The summed E-state index contributed by atoms with van der Waals surface area (Å²) >= 11 is 0. The third-order valence-corrected chi connectivity index (χ3v) is 6.21. The number of carbonyl (C=O) groups is 1. The van der Waals surface area contributed by atoms with E-state index in [1.54, 1.807) is 0 Å². The zero-order valence-corrected chi connectivity index (χ0v) is 16.4. The second-order valence-corrected chi connectivity index (χ2v) is 10.0. The lowest BCUT2D eigenvalue weighted by Gasteiger charge is -2.41. The topological polar surface area (TPSA) is 29.1 Å².